The Balaban J connectivity index is 1.53. The van der Waals surface area contributed by atoms with Gasteiger partial charge in [0.1, 0.15) is 0 Å². The smallest absolute Gasteiger partial charge is 0.248 e. The third-order valence-electron chi connectivity index (χ3n) is 4.59. The fraction of sp³-hybridized carbons (Fsp3) is 0.500. The Morgan fingerprint density at radius 2 is 1.96 bits per heavy atom. The highest BCUT2D eigenvalue weighted by Crippen LogP contribution is 2.48. The highest BCUT2D eigenvalue weighted by Gasteiger charge is 2.36. The Bertz CT molecular complexity index is 767. The third-order valence-corrected chi connectivity index (χ3v) is 4.59. The number of hydrogen-bond acceptors (Lipinski definition) is 3. The number of pyridine rings is 1. The second-order valence-corrected chi connectivity index (χ2v) is 7.00. The highest BCUT2D eigenvalue weighted by atomic mass is 16.1. The van der Waals surface area contributed by atoms with E-state index in [1.807, 2.05) is 16.8 Å². The number of hydrogen-bond donors (Lipinski definition) is 1. The summed E-state index contributed by atoms with van der Waals surface area (Å²) in [5.41, 5.74) is 2.95. The molecule has 5 heteroatoms. The first-order chi connectivity index (χ1) is 11.1. The Kier molecular flexibility index (Phi) is 3.43. The molecule has 4 rings (SSSR count). The molecule has 0 saturated heterocycles. The van der Waals surface area contributed by atoms with E-state index >= 15 is 0 Å². The number of carbonyl (C=O) groups excluding carboxylic acids is 1. The third kappa shape index (κ3) is 3.00. The maximum atomic E-state index is 12.3. The van der Waals surface area contributed by atoms with Crippen molar-refractivity contribution in [3.63, 3.8) is 0 Å². The molecule has 2 fully saturated rings. The quantitative estimate of drug-likeness (QED) is 0.857. The van der Waals surface area contributed by atoms with E-state index < -0.39 is 0 Å². The molecule has 2 aromatic heterocycles. The first-order valence-electron chi connectivity index (χ1n) is 8.47. The van der Waals surface area contributed by atoms with Crippen LogP contribution in [0.1, 0.15) is 45.6 Å². The molecule has 2 aliphatic carbocycles. The van der Waals surface area contributed by atoms with Crippen molar-refractivity contribution in [1.82, 2.24) is 14.8 Å². The number of nitrogens with zero attached hydrogens (tertiary/aromatic N) is 3. The van der Waals surface area contributed by atoms with Gasteiger partial charge in [-0.1, -0.05) is 5.57 Å². The first-order valence-corrected chi connectivity index (χ1v) is 8.47. The van der Waals surface area contributed by atoms with Gasteiger partial charge in [-0.2, -0.15) is 5.10 Å². The van der Waals surface area contributed by atoms with Crippen LogP contribution in [0.3, 0.4) is 0 Å². The van der Waals surface area contributed by atoms with Gasteiger partial charge in [0.2, 0.25) is 5.91 Å². The van der Waals surface area contributed by atoms with Gasteiger partial charge < -0.3 is 5.32 Å². The number of fused-ring (bicyclic) bond motifs is 1. The Labute approximate surface area is 135 Å². The lowest BCUT2D eigenvalue weighted by atomic mass is 10.1. The second kappa shape index (κ2) is 5.48. The van der Waals surface area contributed by atoms with Crippen LogP contribution >= 0.6 is 0 Å². The summed E-state index contributed by atoms with van der Waals surface area (Å²) in [6, 6.07) is 2.21. The van der Waals surface area contributed by atoms with Gasteiger partial charge in [0.25, 0.3) is 0 Å². The topological polar surface area (TPSA) is 59.8 Å². The molecule has 2 aromatic rings. The average molecular weight is 310 g/mol. The van der Waals surface area contributed by atoms with Crippen molar-refractivity contribution in [3.8, 4) is 0 Å². The predicted octanol–water partition coefficient (Wildman–Crippen LogP) is 3.70. The minimum absolute atomic E-state index is 0.0313. The van der Waals surface area contributed by atoms with Crippen LogP contribution in [0, 0.1) is 11.8 Å². The molecule has 0 spiro atoms. The molecule has 0 aromatic carbocycles. The minimum Gasteiger partial charge on any atom is -0.321 e. The summed E-state index contributed by atoms with van der Waals surface area (Å²) >= 11 is 0. The molecule has 0 bridgehead atoms. The Morgan fingerprint density at radius 3 is 2.57 bits per heavy atom. The van der Waals surface area contributed by atoms with Gasteiger partial charge in [-0.05, 0) is 57.4 Å². The second-order valence-electron chi connectivity index (χ2n) is 7.00. The molecular formula is C18H22N4O. The molecule has 2 heterocycles. The van der Waals surface area contributed by atoms with Crippen LogP contribution in [0.5, 0.6) is 0 Å². The van der Waals surface area contributed by atoms with Crippen LogP contribution in [0.15, 0.2) is 30.1 Å². The van der Waals surface area contributed by atoms with Crippen molar-refractivity contribution >= 4 is 22.6 Å². The van der Waals surface area contributed by atoms with Crippen LogP contribution in [-0.2, 0) is 4.79 Å². The number of aromatic nitrogens is 3. The SMILES string of the molecule is CC(C)n1ncc2cc(NC(=O)C=C(C3CC3)C3CC3)cnc21. The van der Waals surface area contributed by atoms with E-state index in [2.05, 4.69) is 29.2 Å². The molecule has 1 amide bonds. The lowest BCUT2D eigenvalue weighted by Crippen LogP contribution is -2.10. The molecule has 1 N–H and O–H groups in total. The summed E-state index contributed by atoms with van der Waals surface area (Å²) in [4.78, 5) is 16.8. The van der Waals surface area contributed by atoms with Gasteiger partial charge in [-0.15, -0.1) is 0 Å². The molecular weight excluding hydrogens is 288 g/mol. The average Bonchev–Trinajstić information content (AvgIpc) is 3.41. The maximum absolute atomic E-state index is 12.3. The van der Waals surface area contributed by atoms with Crippen LogP contribution in [0.4, 0.5) is 5.69 Å². The highest BCUT2D eigenvalue weighted by molar-refractivity contribution is 6.00. The molecule has 0 radical (unpaired) electrons. The summed E-state index contributed by atoms with van der Waals surface area (Å²) in [6.07, 6.45) is 10.3. The number of nitrogens with one attached hydrogen (secondary N) is 1. The van der Waals surface area contributed by atoms with E-state index in [-0.39, 0.29) is 11.9 Å². The zero-order valence-corrected chi connectivity index (χ0v) is 13.6. The van der Waals surface area contributed by atoms with Crippen molar-refractivity contribution in [2.24, 2.45) is 11.8 Å². The molecule has 120 valence electrons. The normalized spacial score (nSPS) is 17.5. The van der Waals surface area contributed by atoms with E-state index in [1.165, 1.54) is 31.3 Å². The van der Waals surface area contributed by atoms with E-state index in [1.54, 1.807) is 12.4 Å². The first kappa shape index (κ1) is 14.4. The molecule has 5 nitrogen and oxygen atoms in total. The van der Waals surface area contributed by atoms with Crippen LogP contribution in [-0.4, -0.2) is 20.7 Å². The van der Waals surface area contributed by atoms with Crippen molar-refractivity contribution in [1.29, 1.82) is 0 Å². The number of allylic oxidation sites excluding steroid dienone is 1. The fourth-order valence-corrected chi connectivity index (χ4v) is 3.12. The summed E-state index contributed by atoms with van der Waals surface area (Å²) < 4.78 is 1.89. The molecule has 0 aliphatic heterocycles. The lowest BCUT2D eigenvalue weighted by molar-refractivity contribution is -0.112. The minimum atomic E-state index is -0.0313. The number of amides is 1. The van der Waals surface area contributed by atoms with E-state index in [9.17, 15) is 4.79 Å². The molecule has 23 heavy (non-hydrogen) atoms. The Morgan fingerprint density at radius 1 is 1.26 bits per heavy atom. The zero-order chi connectivity index (χ0) is 16.0. The van der Waals surface area contributed by atoms with Crippen LogP contribution in [0.25, 0.3) is 11.0 Å². The largest absolute Gasteiger partial charge is 0.321 e. The van der Waals surface area contributed by atoms with Crippen molar-refractivity contribution in [2.75, 3.05) is 5.32 Å². The summed E-state index contributed by atoms with van der Waals surface area (Å²) in [6.45, 7) is 4.15. The monoisotopic (exact) mass is 310 g/mol. The number of anilines is 1. The van der Waals surface area contributed by atoms with Gasteiger partial charge >= 0.3 is 0 Å². The lowest BCUT2D eigenvalue weighted by Gasteiger charge is -2.07. The summed E-state index contributed by atoms with van der Waals surface area (Å²) in [7, 11) is 0. The van der Waals surface area contributed by atoms with Crippen molar-refractivity contribution in [2.45, 2.75) is 45.6 Å². The fourth-order valence-electron chi connectivity index (χ4n) is 3.12. The van der Waals surface area contributed by atoms with Crippen LogP contribution in [0.2, 0.25) is 0 Å². The number of carbonyl (C=O) groups is 1. The molecule has 2 aliphatic rings. The van der Waals surface area contributed by atoms with Gasteiger partial charge in [0.15, 0.2) is 5.65 Å². The molecule has 2 saturated carbocycles. The molecule has 0 atom stereocenters. The Hall–Kier alpha value is -2.17. The molecule has 0 unspecified atom stereocenters. The zero-order valence-electron chi connectivity index (χ0n) is 13.6. The van der Waals surface area contributed by atoms with Gasteiger partial charge in [-0.25, -0.2) is 9.67 Å². The van der Waals surface area contributed by atoms with E-state index in [4.69, 9.17) is 0 Å². The van der Waals surface area contributed by atoms with Crippen molar-refractivity contribution in [3.05, 3.63) is 30.1 Å². The van der Waals surface area contributed by atoms with Crippen molar-refractivity contribution < 1.29 is 4.79 Å². The standard InChI is InChI=1S/C18H22N4O/c1-11(2)22-18-14(9-20-22)7-15(10-19-18)21-17(23)8-16(12-3-4-12)13-5-6-13/h7-13H,3-6H2,1-2H3,(H,21,23). The van der Waals surface area contributed by atoms with E-state index in [0.29, 0.717) is 11.8 Å². The van der Waals surface area contributed by atoms with Crippen LogP contribution < -0.4 is 5.32 Å². The predicted molar refractivity (Wildman–Crippen MR) is 90.1 cm³/mol. The summed E-state index contributed by atoms with van der Waals surface area (Å²) in [5, 5.41) is 8.26. The maximum Gasteiger partial charge on any atom is 0.248 e. The van der Waals surface area contributed by atoms with Gasteiger partial charge in [0, 0.05) is 17.5 Å². The number of rotatable bonds is 5. The van der Waals surface area contributed by atoms with Gasteiger partial charge in [-0.3, -0.25) is 4.79 Å². The van der Waals surface area contributed by atoms with E-state index in [0.717, 1.165) is 16.7 Å². The summed E-state index contributed by atoms with van der Waals surface area (Å²) in [5.74, 6) is 1.30. The van der Waals surface area contributed by atoms with Gasteiger partial charge in [0.05, 0.1) is 18.1 Å².